The summed E-state index contributed by atoms with van der Waals surface area (Å²) in [4.78, 5) is 0. The molecule has 84 valence electrons. The molecule has 0 fully saturated rings. The Morgan fingerprint density at radius 3 is 2.53 bits per heavy atom. The summed E-state index contributed by atoms with van der Waals surface area (Å²) < 4.78 is 5.29. The number of rotatable bonds is 5. The third kappa shape index (κ3) is 3.24. The van der Waals surface area contributed by atoms with Gasteiger partial charge in [-0.15, -0.1) is 0 Å². The zero-order chi connectivity index (χ0) is 11.3. The Bertz CT molecular complexity index is 321. The highest BCUT2D eigenvalue weighted by Crippen LogP contribution is 2.23. The minimum absolute atomic E-state index is 0.991. The molecule has 1 rings (SSSR count). The van der Waals surface area contributed by atoms with E-state index < -0.39 is 0 Å². The lowest BCUT2D eigenvalue weighted by atomic mass is 10.0. The number of benzene rings is 1. The van der Waals surface area contributed by atoms with Crippen LogP contribution in [0.5, 0.6) is 5.75 Å². The zero-order valence-corrected chi connectivity index (χ0v) is 10.2. The van der Waals surface area contributed by atoms with Gasteiger partial charge in [-0.05, 0) is 63.0 Å². The van der Waals surface area contributed by atoms with Crippen LogP contribution in [0, 0.1) is 13.8 Å². The van der Waals surface area contributed by atoms with Crippen molar-refractivity contribution in [2.75, 3.05) is 20.7 Å². The largest absolute Gasteiger partial charge is 0.496 e. The SMILES string of the molecule is CNCCCc1cc(C)c(OC)cc1C. The average Bonchev–Trinajstić information content (AvgIpc) is 2.23. The summed E-state index contributed by atoms with van der Waals surface area (Å²) in [7, 11) is 3.72. The summed E-state index contributed by atoms with van der Waals surface area (Å²) >= 11 is 0. The fourth-order valence-corrected chi connectivity index (χ4v) is 1.79. The Labute approximate surface area is 92.6 Å². The lowest BCUT2D eigenvalue weighted by Crippen LogP contribution is -2.08. The second-order valence-corrected chi connectivity index (χ2v) is 3.96. The third-order valence-corrected chi connectivity index (χ3v) is 2.73. The standard InChI is InChI=1S/C13H21NO/c1-10-9-13(15-4)11(2)8-12(10)6-5-7-14-3/h8-9,14H,5-7H2,1-4H3. The second-order valence-electron chi connectivity index (χ2n) is 3.96. The van der Waals surface area contributed by atoms with Gasteiger partial charge in [0.1, 0.15) is 5.75 Å². The lowest BCUT2D eigenvalue weighted by Gasteiger charge is -2.11. The summed E-state index contributed by atoms with van der Waals surface area (Å²) in [6.07, 6.45) is 2.32. The summed E-state index contributed by atoms with van der Waals surface area (Å²) in [5.41, 5.74) is 3.99. The maximum atomic E-state index is 5.29. The number of nitrogens with one attached hydrogen (secondary N) is 1. The van der Waals surface area contributed by atoms with Gasteiger partial charge in [0, 0.05) is 0 Å². The van der Waals surface area contributed by atoms with Gasteiger partial charge < -0.3 is 10.1 Å². The van der Waals surface area contributed by atoms with E-state index >= 15 is 0 Å². The highest BCUT2D eigenvalue weighted by molar-refractivity contribution is 5.41. The van der Waals surface area contributed by atoms with Gasteiger partial charge in [-0.1, -0.05) is 6.07 Å². The van der Waals surface area contributed by atoms with Crippen LogP contribution < -0.4 is 10.1 Å². The molecule has 15 heavy (non-hydrogen) atoms. The van der Waals surface area contributed by atoms with Crippen molar-refractivity contribution in [2.24, 2.45) is 0 Å². The Hall–Kier alpha value is -1.02. The molecule has 0 aliphatic carbocycles. The highest BCUT2D eigenvalue weighted by atomic mass is 16.5. The molecule has 1 N–H and O–H groups in total. The van der Waals surface area contributed by atoms with E-state index in [4.69, 9.17) is 4.74 Å². The first-order chi connectivity index (χ1) is 7.19. The van der Waals surface area contributed by atoms with Gasteiger partial charge in [-0.3, -0.25) is 0 Å². The number of aryl methyl sites for hydroxylation is 3. The molecule has 0 spiro atoms. The number of ether oxygens (including phenoxy) is 1. The quantitative estimate of drug-likeness (QED) is 0.749. The van der Waals surface area contributed by atoms with Crippen LogP contribution in [0.1, 0.15) is 23.1 Å². The lowest BCUT2D eigenvalue weighted by molar-refractivity contribution is 0.411. The van der Waals surface area contributed by atoms with Crippen LogP contribution in [0.15, 0.2) is 12.1 Å². The van der Waals surface area contributed by atoms with Crippen LogP contribution in [0.25, 0.3) is 0 Å². The van der Waals surface area contributed by atoms with E-state index in [1.807, 2.05) is 7.05 Å². The number of hydrogen-bond donors (Lipinski definition) is 1. The fraction of sp³-hybridized carbons (Fsp3) is 0.538. The Balaban J connectivity index is 2.76. The van der Waals surface area contributed by atoms with Crippen molar-refractivity contribution in [3.8, 4) is 5.75 Å². The predicted octanol–water partition coefficient (Wildman–Crippen LogP) is 2.46. The van der Waals surface area contributed by atoms with Crippen LogP contribution in [0.2, 0.25) is 0 Å². The molecule has 0 unspecified atom stereocenters. The third-order valence-electron chi connectivity index (χ3n) is 2.73. The van der Waals surface area contributed by atoms with Crippen LogP contribution in [0.4, 0.5) is 0 Å². The predicted molar refractivity (Wildman–Crippen MR) is 64.7 cm³/mol. The summed E-state index contributed by atoms with van der Waals surface area (Å²) in [5.74, 6) is 0.991. The minimum atomic E-state index is 0.991. The fourth-order valence-electron chi connectivity index (χ4n) is 1.79. The summed E-state index contributed by atoms with van der Waals surface area (Å²) in [5, 5.41) is 3.17. The van der Waals surface area contributed by atoms with E-state index in [2.05, 4.69) is 31.3 Å². The van der Waals surface area contributed by atoms with Gasteiger partial charge in [-0.2, -0.15) is 0 Å². The van der Waals surface area contributed by atoms with Crippen molar-refractivity contribution in [3.05, 3.63) is 28.8 Å². The molecule has 0 bridgehead atoms. The van der Waals surface area contributed by atoms with Gasteiger partial charge in [0.15, 0.2) is 0 Å². The molecule has 0 saturated heterocycles. The van der Waals surface area contributed by atoms with Gasteiger partial charge >= 0.3 is 0 Å². The van der Waals surface area contributed by atoms with Crippen LogP contribution >= 0.6 is 0 Å². The molecule has 0 saturated carbocycles. The average molecular weight is 207 g/mol. The molecule has 0 aliphatic rings. The molecule has 2 heteroatoms. The molecule has 2 nitrogen and oxygen atoms in total. The Kier molecular flexibility index (Phi) is 4.63. The molecule has 0 amide bonds. The monoisotopic (exact) mass is 207 g/mol. The maximum Gasteiger partial charge on any atom is 0.122 e. The number of hydrogen-bond acceptors (Lipinski definition) is 2. The van der Waals surface area contributed by atoms with E-state index in [1.54, 1.807) is 7.11 Å². The van der Waals surface area contributed by atoms with Crippen LogP contribution in [-0.2, 0) is 6.42 Å². The topological polar surface area (TPSA) is 21.3 Å². The smallest absolute Gasteiger partial charge is 0.122 e. The van der Waals surface area contributed by atoms with E-state index in [1.165, 1.54) is 23.1 Å². The van der Waals surface area contributed by atoms with Crippen LogP contribution in [-0.4, -0.2) is 20.7 Å². The molecule has 0 aromatic heterocycles. The van der Waals surface area contributed by atoms with E-state index in [9.17, 15) is 0 Å². The van der Waals surface area contributed by atoms with Gasteiger partial charge in [0.05, 0.1) is 7.11 Å². The summed E-state index contributed by atoms with van der Waals surface area (Å²) in [6, 6.07) is 4.37. The number of methoxy groups -OCH3 is 1. The van der Waals surface area contributed by atoms with Crippen molar-refractivity contribution in [1.82, 2.24) is 5.32 Å². The summed E-state index contributed by atoms with van der Waals surface area (Å²) in [6.45, 7) is 5.32. The normalized spacial score (nSPS) is 10.4. The minimum Gasteiger partial charge on any atom is -0.496 e. The Morgan fingerprint density at radius 2 is 1.93 bits per heavy atom. The molecule has 0 radical (unpaired) electrons. The Morgan fingerprint density at radius 1 is 1.20 bits per heavy atom. The van der Waals surface area contributed by atoms with Crippen molar-refractivity contribution in [1.29, 1.82) is 0 Å². The van der Waals surface area contributed by atoms with Crippen molar-refractivity contribution in [3.63, 3.8) is 0 Å². The maximum absolute atomic E-state index is 5.29. The first-order valence-corrected chi connectivity index (χ1v) is 5.47. The van der Waals surface area contributed by atoms with Crippen molar-refractivity contribution < 1.29 is 4.74 Å². The second kappa shape index (κ2) is 5.76. The molecule has 0 heterocycles. The van der Waals surface area contributed by atoms with E-state index in [0.717, 1.165) is 18.7 Å². The van der Waals surface area contributed by atoms with Crippen LogP contribution in [0.3, 0.4) is 0 Å². The first-order valence-electron chi connectivity index (χ1n) is 5.47. The molecule has 0 aliphatic heterocycles. The molecule has 1 aromatic rings. The molecule has 0 atom stereocenters. The van der Waals surface area contributed by atoms with Gasteiger partial charge in [-0.25, -0.2) is 0 Å². The van der Waals surface area contributed by atoms with Gasteiger partial charge in [0.25, 0.3) is 0 Å². The molecular weight excluding hydrogens is 186 g/mol. The van der Waals surface area contributed by atoms with E-state index in [0.29, 0.717) is 0 Å². The molecular formula is C13H21NO. The van der Waals surface area contributed by atoms with Gasteiger partial charge in [0.2, 0.25) is 0 Å². The molecule has 1 aromatic carbocycles. The highest BCUT2D eigenvalue weighted by Gasteiger charge is 2.04. The first kappa shape index (κ1) is 12.1. The van der Waals surface area contributed by atoms with Crippen molar-refractivity contribution >= 4 is 0 Å². The zero-order valence-electron chi connectivity index (χ0n) is 10.2. The van der Waals surface area contributed by atoms with Crippen molar-refractivity contribution in [2.45, 2.75) is 26.7 Å². The van der Waals surface area contributed by atoms with E-state index in [-0.39, 0.29) is 0 Å².